The largest absolute Gasteiger partial charge is 0.497 e. The third-order valence-corrected chi connectivity index (χ3v) is 5.00. The molecule has 2 N–H and O–H groups in total. The summed E-state index contributed by atoms with van der Waals surface area (Å²) in [5.74, 6) is 1.54. The van der Waals surface area contributed by atoms with Crippen LogP contribution in [0.4, 0.5) is 5.69 Å². The maximum Gasteiger partial charge on any atom is 0.241 e. The van der Waals surface area contributed by atoms with Gasteiger partial charge < -0.3 is 10.1 Å². The molecule has 1 atom stereocenters. The molecule has 7 heteroatoms. The van der Waals surface area contributed by atoms with Crippen molar-refractivity contribution in [3.63, 3.8) is 0 Å². The van der Waals surface area contributed by atoms with Crippen LogP contribution in [0, 0.1) is 0 Å². The molecule has 1 amide bonds. The van der Waals surface area contributed by atoms with Crippen LogP contribution in [0.5, 0.6) is 5.75 Å². The molecule has 144 valence electrons. The fraction of sp³-hybridized carbons (Fsp3) is 0.286. The third-order valence-electron chi connectivity index (χ3n) is 5.00. The predicted molar refractivity (Wildman–Crippen MR) is 107 cm³/mol. The van der Waals surface area contributed by atoms with Crippen LogP contribution in [0.2, 0.25) is 0 Å². The molecule has 0 spiro atoms. The number of carbonyl (C=O) groups excluding carboxylic acids is 1. The third kappa shape index (κ3) is 4.04. The first-order chi connectivity index (χ1) is 13.7. The van der Waals surface area contributed by atoms with Gasteiger partial charge in [-0.3, -0.25) is 14.8 Å². The zero-order valence-electron chi connectivity index (χ0n) is 15.8. The predicted octanol–water partition coefficient (Wildman–Crippen LogP) is 3.08. The standard InChI is InChI=1S/C21H23N5O2/c1-28-18-8-2-5-15(11-18)13-26-10-4-9-19(26)21(27)24-17-7-3-6-16(12-17)20-22-14-23-25-20/h2-3,5-8,11-12,14,19H,4,9-10,13H2,1H3,(H,24,27)(H,22,23,25)/t19-/m0/s1. The minimum atomic E-state index is -0.139. The van der Waals surface area contributed by atoms with Gasteiger partial charge in [0.25, 0.3) is 0 Å². The number of benzene rings is 2. The van der Waals surface area contributed by atoms with Gasteiger partial charge in [-0.15, -0.1) is 0 Å². The number of aromatic nitrogens is 3. The monoisotopic (exact) mass is 377 g/mol. The summed E-state index contributed by atoms with van der Waals surface area (Å²) in [5, 5.41) is 9.77. The molecule has 28 heavy (non-hydrogen) atoms. The summed E-state index contributed by atoms with van der Waals surface area (Å²) in [6.07, 6.45) is 3.34. The van der Waals surface area contributed by atoms with E-state index in [1.807, 2.05) is 42.5 Å². The summed E-state index contributed by atoms with van der Waals surface area (Å²) in [6, 6.07) is 15.5. The normalized spacial score (nSPS) is 16.8. The highest BCUT2D eigenvalue weighted by Crippen LogP contribution is 2.24. The molecule has 1 fully saturated rings. The summed E-state index contributed by atoms with van der Waals surface area (Å²) in [7, 11) is 1.66. The zero-order chi connectivity index (χ0) is 19.3. The van der Waals surface area contributed by atoms with Gasteiger partial charge in [0.2, 0.25) is 5.91 Å². The van der Waals surface area contributed by atoms with Crippen molar-refractivity contribution in [2.75, 3.05) is 19.0 Å². The first-order valence-electron chi connectivity index (χ1n) is 9.36. The van der Waals surface area contributed by atoms with Crippen molar-refractivity contribution in [3.05, 3.63) is 60.4 Å². The molecule has 1 aliphatic heterocycles. The average molecular weight is 377 g/mol. The second-order valence-corrected chi connectivity index (χ2v) is 6.88. The lowest BCUT2D eigenvalue weighted by molar-refractivity contribution is -0.120. The van der Waals surface area contributed by atoms with Crippen LogP contribution in [-0.2, 0) is 11.3 Å². The molecule has 4 rings (SSSR count). The number of nitrogens with one attached hydrogen (secondary N) is 2. The number of ether oxygens (including phenoxy) is 1. The second kappa shape index (κ2) is 8.22. The molecule has 7 nitrogen and oxygen atoms in total. The fourth-order valence-corrected chi connectivity index (χ4v) is 3.63. The molecule has 1 aromatic heterocycles. The number of nitrogens with zero attached hydrogens (tertiary/aromatic N) is 3. The van der Waals surface area contributed by atoms with Crippen molar-refractivity contribution in [1.29, 1.82) is 0 Å². The first-order valence-corrected chi connectivity index (χ1v) is 9.36. The number of anilines is 1. The molecule has 0 aliphatic carbocycles. The van der Waals surface area contributed by atoms with E-state index in [2.05, 4.69) is 31.5 Å². The molecule has 0 bridgehead atoms. The fourth-order valence-electron chi connectivity index (χ4n) is 3.63. The molecule has 1 saturated heterocycles. The van der Waals surface area contributed by atoms with Crippen LogP contribution in [0.1, 0.15) is 18.4 Å². The Morgan fingerprint density at radius 3 is 3.00 bits per heavy atom. The highest BCUT2D eigenvalue weighted by molar-refractivity contribution is 5.95. The topological polar surface area (TPSA) is 83.1 Å². The lowest BCUT2D eigenvalue weighted by Gasteiger charge is -2.24. The van der Waals surface area contributed by atoms with Crippen molar-refractivity contribution < 1.29 is 9.53 Å². The number of carbonyl (C=O) groups is 1. The Labute approximate surface area is 163 Å². The second-order valence-electron chi connectivity index (χ2n) is 6.88. The molecule has 0 radical (unpaired) electrons. The molecule has 2 heterocycles. The number of hydrogen-bond donors (Lipinski definition) is 2. The maximum atomic E-state index is 12.9. The van der Waals surface area contributed by atoms with Gasteiger partial charge in [-0.05, 0) is 49.2 Å². The Kier molecular flexibility index (Phi) is 5.34. The number of methoxy groups -OCH3 is 1. The molecular weight excluding hydrogens is 354 g/mol. The summed E-state index contributed by atoms with van der Waals surface area (Å²) >= 11 is 0. The highest BCUT2D eigenvalue weighted by Gasteiger charge is 2.30. The van der Waals surface area contributed by atoms with Gasteiger partial charge in [0.15, 0.2) is 5.82 Å². The summed E-state index contributed by atoms with van der Waals surface area (Å²) in [5.41, 5.74) is 2.79. The number of likely N-dealkylation sites (tertiary alicyclic amines) is 1. The number of aromatic amines is 1. The van der Waals surface area contributed by atoms with E-state index in [9.17, 15) is 4.79 Å². The lowest BCUT2D eigenvalue weighted by Crippen LogP contribution is -2.39. The van der Waals surface area contributed by atoms with Crippen LogP contribution in [-0.4, -0.2) is 45.7 Å². The van der Waals surface area contributed by atoms with Gasteiger partial charge in [0.05, 0.1) is 13.2 Å². The van der Waals surface area contributed by atoms with Gasteiger partial charge in [0.1, 0.15) is 12.1 Å². The van der Waals surface area contributed by atoms with Crippen LogP contribution in [0.15, 0.2) is 54.9 Å². The zero-order valence-corrected chi connectivity index (χ0v) is 15.8. The van der Waals surface area contributed by atoms with Crippen molar-refractivity contribution in [3.8, 4) is 17.1 Å². The van der Waals surface area contributed by atoms with Crippen molar-refractivity contribution in [2.45, 2.75) is 25.4 Å². The number of amides is 1. The minimum absolute atomic E-state index is 0.0233. The maximum absolute atomic E-state index is 12.9. The van der Waals surface area contributed by atoms with Crippen molar-refractivity contribution in [2.24, 2.45) is 0 Å². The number of hydrogen-bond acceptors (Lipinski definition) is 5. The molecule has 2 aromatic carbocycles. The van der Waals surface area contributed by atoms with Gasteiger partial charge >= 0.3 is 0 Å². The summed E-state index contributed by atoms with van der Waals surface area (Å²) in [4.78, 5) is 19.3. The van der Waals surface area contributed by atoms with Gasteiger partial charge in [0, 0.05) is 17.8 Å². The van der Waals surface area contributed by atoms with Gasteiger partial charge in [-0.2, -0.15) is 5.10 Å². The number of rotatable bonds is 6. The number of H-pyrrole nitrogens is 1. The average Bonchev–Trinajstić information content (AvgIpc) is 3.40. The molecule has 0 saturated carbocycles. The van der Waals surface area contributed by atoms with E-state index in [-0.39, 0.29) is 11.9 Å². The van der Waals surface area contributed by atoms with Crippen molar-refractivity contribution >= 4 is 11.6 Å². The smallest absolute Gasteiger partial charge is 0.241 e. The Morgan fingerprint density at radius 2 is 2.18 bits per heavy atom. The van der Waals surface area contributed by atoms with Crippen LogP contribution in [0.3, 0.4) is 0 Å². The molecule has 1 aliphatic rings. The van der Waals surface area contributed by atoms with E-state index < -0.39 is 0 Å². The Morgan fingerprint density at radius 1 is 1.29 bits per heavy atom. The quantitative estimate of drug-likeness (QED) is 0.690. The highest BCUT2D eigenvalue weighted by atomic mass is 16.5. The van der Waals surface area contributed by atoms with E-state index >= 15 is 0 Å². The summed E-state index contributed by atoms with van der Waals surface area (Å²) < 4.78 is 5.30. The molecular formula is C21H23N5O2. The Balaban J connectivity index is 1.44. The summed E-state index contributed by atoms with van der Waals surface area (Å²) in [6.45, 7) is 1.64. The SMILES string of the molecule is COc1cccc(CN2CCC[C@H]2C(=O)Nc2cccc(-c3ncn[nH]3)c2)c1. The van der Waals surface area contributed by atoms with Gasteiger partial charge in [-0.1, -0.05) is 24.3 Å². The Hall–Kier alpha value is -3.19. The minimum Gasteiger partial charge on any atom is -0.497 e. The first kappa shape index (κ1) is 18.2. The van der Waals surface area contributed by atoms with Gasteiger partial charge in [-0.25, -0.2) is 4.98 Å². The van der Waals surface area contributed by atoms with E-state index in [1.165, 1.54) is 6.33 Å². The van der Waals surface area contributed by atoms with E-state index in [0.717, 1.165) is 48.5 Å². The Bertz CT molecular complexity index is 941. The van der Waals surface area contributed by atoms with Crippen molar-refractivity contribution in [1.82, 2.24) is 20.1 Å². The molecule has 3 aromatic rings. The van der Waals surface area contributed by atoms with Crippen LogP contribution < -0.4 is 10.1 Å². The molecule has 0 unspecified atom stereocenters. The lowest BCUT2D eigenvalue weighted by atomic mass is 10.1. The van der Waals surface area contributed by atoms with E-state index in [0.29, 0.717) is 5.82 Å². The van der Waals surface area contributed by atoms with E-state index in [1.54, 1.807) is 7.11 Å². The van der Waals surface area contributed by atoms with Crippen LogP contribution in [0.25, 0.3) is 11.4 Å². The van der Waals surface area contributed by atoms with E-state index in [4.69, 9.17) is 4.74 Å². The van der Waals surface area contributed by atoms with Crippen LogP contribution >= 0.6 is 0 Å².